The normalized spacial score (nSPS) is 10.8. The first-order valence-corrected chi connectivity index (χ1v) is 9.08. The molecule has 0 aliphatic rings. The highest BCUT2D eigenvalue weighted by molar-refractivity contribution is 14.0. The number of aliphatic imine (C=N–C) groups is 1. The van der Waals surface area contributed by atoms with Gasteiger partial charge in [0.05, 0.1) is 13.2 Å². The van der Waals surface area contributed by atoms with Gasteiger partial charge in [0.15, 0.2) is 5.96 Å². The zero-order valence-electron chi connectivity index (χ0n) is 16.1. The van der Waals surface area contributed by atoms with Crippen molar-refractivity contribution in [3.05, 3.63) is 65.7 Å². The Kier molecular flexibility index (Phi) is 12.3. The van der Waals surface area contributed by atoms with Gasteiger partial charge < -0.3 is 20.1 Å². The fraction of sp³-hybridized carbons (Fsp3) is 0.381. The van der Waals surface area contributed by atoms with Crippen molar-refractivity contribution in [3.63, 3.8) is 0 Å². The van der Waals surface area contributed by atoms with E-state index in [-0.39, 0.29) is 24.0 Å². The topological polar surface area (TPSA) is 54.9 Å². The van der Waals surface area contributed by atoms with Crippen LogP contribution in [0, 0.1) is 0 Å². The summed E-state index contributed by atoms with van der Waals surface area (Å²) in [7, 11) is 1.67. The lowest BCUT2D eigenvalue weighted by atomic mass is 10.1. The minimum Gasteiger partial charge on any atom is -0.491 e. The van der Waals surface area contributed by atoms with Crippen molar-refractivity contribution in [1.82, 2.24) is 10.6 Å². The number of benzene rings is 2. The molecule has 0 radical (unpaired) electrons. The Labute approximate surface area is 179 Å². The molecule has 0 aliphatic carbocycles. The lowest BCUT2D eigenvalue weighted by Gasteiger charge is -2.11. The van der Waals surface area contributed by atoms with Crippen molar-refractivity contribution in [2.24, 2.45) is 4.99 Å². The first-order chi connectivity index (χ1) is 12.8. The average Bonchev–Trinajstić information content (AvgIpc) is 2.68. The van der Waals surface area contributed by atoms with Crippen LogP contribution in [0.5, 0.6) is 5.75 Å². The molecule has 0 amide bonds. The van der Waals surface area contributed by atoms with E-state index in [1.165, 1.54) is 5.56 Å². The van der Waals surface area contributed by atoms with E-state index >= 15 is 0 Å². The molecule has 2 aromatic rings. The van der Waals surface area contributed by atoms with Gasteiger partial charge in [-0.1, -0.05) is 42.5 Å². The minimum absolute atomic E-state index is 0. The van der Waals surface area contributed by atoms with Crippen LogP contribution in [0.2, 0.25) is 0 Å². The molecule has 0 aromatic heterocycles. The summed E-state index contributed by atoms with van der Waals surface area (Å²) in [5.74, 6) is 1.69. The lowest BCUT2D eigenvalue weighted by molar-refractivity contribution is 0.146. The van der Waals surface area contributed by atoms with Gasteiger partial charge in [0, 0.05) is 20.2 Å². The maximum atomic E-state index is 5.58. The van der Waals surface area contributed by atoms with Crippen molar-refractivity contribution in [2.45, 2.75) is 19.9 Å². The van der Waals surface area contributed by atoms with E-state index in [1.54, 1.807) is 7.11 Å². The molecule has 2 rings (SSSR count). The molecule has 0 aliphatic heterocycles. The molecule has 0 fully saturated rings. The third-order valence-electron chi connectivity index (χ3n) is 3.79. The van der Waals surface area contributed by atoms with E-state index < -0.39 is 0 Å². The summed E-state index contributed by atoms with van der Waals surface area (Å²) in [5.41, 5.74) is 2.46. The third kappa shape index (κ3) is 9.63. The minimum atomic E-state index is 0. The van der Waals surface area contributed by atoms with Crippen molar-refractivity contribution in [3.8, 4) is 5.75 Å². The number of hydrogen-bond donors (Lipinski definition) is 2. The largest absolute Gasteiger partial charge is 0.491 e. The predicted octanol–water partition coefficient (Wildman–Crippen LogP) is 3.63. The Bertz CT molecular complexity index is 648. The number of rotatable bonds is 10. The number of guanidine groups is 1. The number of methoxy groups -OCH3 is 1. The van der Waals surface area contributed by atoms with Crippen LogP contribution in [0.4, 0.5) is 0 Å². The molecule has 0 saturated carbocycles. The number of nitrogens with one attached hydrogen (secondary N) is 2. The second-order valence-electron chi connectivity index (χ2n) is 5.84. The smallest absolute Gasteiger partial charge is 0.191 e. The Morgan fingerprint density at radius 3 is 2.33 bits per heavy atom. The molecule has 0 heterocycles. The van der Waals surface area contributed by atoms with Crippen LogP contribution < -0.4 is 15.4 Å². The predicted molar refractivity (Wildman–Crippen MR) is 122 cm³/mol. The van der Waals surface area contributed by atoms with Crippen molar-refractivity contribution < 1.29 is 9.47 Å². The molecule has 2 aromatic carbocycles. The summed E-state index contributed by atoms with van der Waals surface area (Å²) in [6.45, 7) is 5.53. The van der Waals surface area contributed by atoms with Gasteiger partial charge in [-0.3, -0.25) is 0 Å². The van der Waals surface area contributed by atoms with Gasteiger partial charge in [0.1, 0.15) is 12.4 Å². The van der Waals surface area contributed by atoms with Crippen LogP contribution in [0.1, 0.15) is 18.1 Å². The summed E-state index contributed by atoms with van der Waals surface area (Å²) in [6.07, 6.45) is 0.971. The average molecular weight is 483 g/mol. The van der Waals surface area contributed by atoms with Gasteiger partial charge in [-0.05, 0) is 36.6 Å². The molecule has 0 saturated heterocycles. The van der Waals surface area contributed by atoms with Crippen LogP contribution >= 0.6 is 24.0 Å². The maximum absolute atomic E-state index is 5.58. The summed E-state index contributed by atoms with van der Waals surface area (Å²) in [4.78, 5) is 4.65. The molecule has 27 heavy (non-hydrogen) atoms. The van der Waals surface area contributed by atoms with E-state index in [4.69, 9.17) is 9.47 Å². The van der Waals surface area contributed by atoms with Crippen LogP contribution in [0.25, 0.3) is 0 Å². The van der Waals surface area contributed by atoms with Gasteiger partial charge >= 0.3 is 0 Å². The Hall–Kier alpha value is -1.80. The first-order valence-electron chi connectivity index (χ1n) is 9.08. The van der Waals surface area contributed by atoms with Crippen LogP contribution in [-0.2, 0) is 17.7 Å². The number of halogens is 1. The molecule has 148 valence electrons. The Morgan fingerprint density at radius 1 is 0.926 bits per heavy atom. The van der Waals surface area contributed by atoms with Gasteiger partial charge in [-0.25, -0.2) is 4.99 Å². The second-order valence-corrected chi connectivity index (χ2v) is 5.84. The molecule has 6 heteroatoms. The van der Waals surface area contributed by atoms with Gasteiger partial charge in [0.2, 0.25) is 0 Å². The zero-order valence-corrected chi connectivity index (χ0v) is 18.4. The van der Waals surface area contributed by atoms with Crippen LogP contribution in [0.3, 0.4) is 0 Å². The summed E-state index contributed by atoms with van der Waals surface area (Å²) >= 11 is 0. The molecule has 0 unspecified atom stereocenters. The highest BCUT2D eigenvalue weighted by Gasteiger charge is 1.99. The van der Waals surface area contributed by atoms with E-state index in [9.17, 15) is 0 Å². The molecule has 2 N–H and O–H groups in total. The van der Waals surface area contributed by atoms with Crippen LogP contribution in [0.15, 0.2) is 59.6 Å². The Morgan fingerprint density at radius 2 is 1.67 bits per heavy atom. The van der Waals surface area contributed by atoms with E-state index in [1.807, 2.05) is 30.3 Å². The fourth-order valence-electron chi connectivity index (χ4n) is 2.42. The highest BCUT2D eigenvalue weighted by Crippen LogP contribution is 2.12. The third-order valence-corrected chi connectivity index (χ3v) is 3.79. The van der Waals surface area contributed by atoms with Crippen molar-refractivity contribution in [1.29, 1.82) is 0 Å². The Balaban J connectivity index is 0.00000364. The highest BCUT2D eigenvalue weighted by atomic mass is 127. The molecule has 5 nitrogen and oxygen atoms in total. The fourth-order valence-corrected chi connectivity index (χ4v) is 2.42. The van der Waals surface area contributed by atoms with Crippen LogP contribution in [-0.4, -0.2) is 39.4 Å². The maximum Gasteiger partial charge on any atom is 0.191 e. The molecule has 0 spiro atoms. The monoisotopic (exact) mass is 483 g/mol. The van der Waals surface area contributed by atoms with E-state index in [0.29, 0.717) is 19.8 Å². The van der Waals surface area contributed by atoms with Crippen molar-refractivity contribution >= 4 is 29.9 Å². The summed E-state index contributed by atoms with van der Waals surface area (Å²) in [6, 6.07) is 18.5. The van der Waals surface area contributed by atoms with Crippen molar-refractivity contribution in [2.75, 3.05) is 33.4 Å². The number of nitrogens with zero attached hydrogens (tertiary/aromatic N) is 1. The summed E-state index contributed by atoms with van der Waals surface area (Å²) < 4.78 is 10.6. The van der Waals surface area contributed by atoms with Gasteiger partial charge in [-0.2, -0.15) is 0 Å². The van der Waals surface area contributed by atoms with Gasteiger partial charge in [0.25, 0.3) is 0 Å². The number of ether oxygens (including phenoxy) is 2. The first kappa shape index (κ1) is 23.2. The molecule has 0 atom stereocenters. The zero-order chi connectivity index (χ0) is 18.5. The molecule has 0 bridgehead atoms. The summed E-state index contributed by atoms with van der Waals surface area (Å²) in [5, 5.41) is 6.67. The quantitative estimate of drug-likeness (QED) is 0.235. The standard InChI is InChI=1S/C21H29N3O2.HI/c1-3-22-21(23-14-13-18-7-5-4-6-8-18)24-17-19-9-11-20(12-10-19)26-16-15-25-2;/h4-12H,3,13-17H2,1-2H3,(H2,22,23,24);1H. The molecular weight excluding hydrogens is 453 g/mol. The molecular formula is C21H30IN3O2. The van der Waals surface area contributed by atoms with Gasteiger partial charge in [-0.15, -0.1) is 24.0 Å². The lowest BCUT2D eigenvalue weighted by Crippen LogP contribution is -2.38. The van der Waals surface area contributed by atoms with E-state index in [2.05, 4.69) is 46.8 Å². The second kappa shape index (κ2) is 14.3. The SMILES string of the molecule is CCNC(=NCc1ccc(OCCOC)cc1)NCCc1ccccc1.I. The number of hydrogen-bond acceptors (Lipinski definition) is 3. The van der Waals surface area contributed by atoms with E-state index in [0.717, 1.165) is 36.8 Å².